The van der Waals surface area contributed by atoms with Crippen LogP contribution in [-0.2, 0) is 23.1 Å². The highest BCUT2D eigenvalue weighted by atomic mass is 32.2. The Bertz CT molecular complexity index is 817. The molecule has 2 aromatic carbocycles. The van der Waals surface area contributed by atoms with E-state index in [1.165, 1.54) is 20.2 Å². The standard InChI is InChI=1S/C16H19N3O4S/c1-18(2)24(22,23)15-9-7-13(8-10-15)11-17-12-14-5-3-4-6-16(14)19(20)21/h3-10,17H,11-12H2,1-2H3. The maximum Gasteiger partial charge on any atom is 0.273 e. The average molecular weight is 349 g/mol. The number of sulfonamides is 1. The van der Waals surface area contributed by atoms with Gasteiger partial charge in [-0.2, -0.15) is 0 Å². The monoisotopic (exact) mass is 349 g/mol. The summed E-state index contributed by atoms with van der Waals surface area (Å²) < 4.78 is 25.1. The summed E-state index contributed by atoms with van der Waals surface area (Å²) in [6.45, 7) is 0.837. The van der Waals surface area contributed by atoms with Gasteiger partial charge in [-0.15, -0.1) is 0 Å². The molecule has 0 aliphatic carbocycles. The summed E-state index contributed by atoms with van der Waals surface area (Å²) in [5.41, 5.74) is 1.58. The van der Waals surface area contributed by atoms with Crippen LogP contribution in [0.3, 0.4) is 0 Å². The van der Waals surface area contributed by atoms with Crippen LogP contribution in [0.25, 0.3) is 0 Å². The molecule has 0 aromatic heterocycles. The Morgan fingerprint density at radius 1 is 1.04 bits per heavy atom. The predicted molar refractivity (Wildman–Crippen MR) is 91.0 cm³/mol. The number of nitrogens with zero attached hydrogens (tertiary/aromatic N) is 2. The van der Waals surface area contributed by atoms with Crippen molar-refractivity contribution in [1.82, 2.24) is 9.62 Å². The van der Waals surface area contributed by atoms with Gasteiger partial charge in [0, 0.05) is 38.8 Å². The maximum absolute atomic E-state index is 12.0. The molecule has 0 aliphatic rings. The van der Waals surface area contributed by atoms with E-state index in [0.29, 0.717) is 18.7 Å². The third kappa shape index (κ3) is 4.16. The lowest BCUT2D eigenvalue weighted by Gasteiger charge is -2.12. The Morgan fingerprint density at radius 3 is 2.25 bits per heavy atom. The summed E-state index contributed by atoms with van der Waals surface area (Å²) in [7, 11) is -0.467. The van der Waals surface area contributed by atoms with Gasteiger partial charge in [-0.05, 0) is 17.7 Å². The van der Waals surface area contributed by atoms with Gasteiger partial charge in [0.1, 0.15) is 0 Å². The zero-order valence-corrected chi connectivity index (χ0v) is 14.3. The Balaban J connectivity index is 2.00. The van der Waals surface area contributed by atoms with E-state index in [1.807, 2.05) is 0 Å². The molecule has 7 nitrogen and oxygen atoms in total. The molecule has 0 atom stereocenters. The van der Waals surface area contributed by atoms with Crippen LogP contribution in [0.1, 0.15) is 11.1 Å². The van der Waals surface area contributed by atoms with E-state index in [1.54, 1.807) is 42.5 Å². The van der Waals surface area contributed by atoms with Crippen molar-refractivity contribution in [3.8, 4) is 0 Å². The van der Waals surface area contributed by atoms with Gasteiger partial charge in [-0.25, -0.2) is 12.7 Å². The van der Waals surface area contributed by atoms with Gasteiger partial charge >= 0.3 is 0 Å². The quantitative estimate of drug-likeness (QED) is 0.611. The number of nitrogens with one attached hydrogen (secondary N) is 1. The number of hydrogen-bond acceptors (Lipinski definition) is 5. The SMILES string of the molecule is CN(C)S(=O)(=O)c1ccc(CNCc2ccccc2[N+](=O)[O-])cc1. The van der Waals surface area contributed by atoms with Crippen molar-refractivity contribution in [2.24, 2.45) is 0 Å². The molecule has 0 saturated carbocycles. The van der Waals surface area contributed by atoms with Gasteiger partial charge in [0.25, 0.3) is 5.69 Å². The molecule has 1 N–H and O–H groups in total. The Kier molecular flexibility index (Phi) is 5.66. The van der Waals surface area contributed by atoms with Crippen LogP contribution in [0.2, 0.25) is 0 Å². The van der Waals surface area contributed by atoms with Crippen molar-refractivity contribution in [3.05, 3.63) is 69.8 Å². The van der Waals surface area contributed by atoms with Gasteiger partial charge in [-0.3, -0.25) is 10.1 Å². The third-order valence-corrected chi connectivity index (χ3v) is 5.36. The van der Waals surface area contributed by atoms with Crippen molar-refractivity contribution < 1.29 is 13.3 Å². The van der Waals surface area contributed by atoms with Crippen LogP contribution in [0.15, 0.2) is 53.4 Å². The Morgan fingerprint density at radius 2 is 1.67 bits per heavy atom. The molecule has 0 amide bonds. The van der Waals surface area contributed by atoms with E-state index >= 15 is 0 Å². The lowest BCUT2D eigenvalue weighted by molar-refractivity contribution is -0.385. The molecule has 2 aromatic rings. The molecule has 128 valence electrons. The normalized spacial score (nSPS) is 11.6. The van der Waals surface area contributed by atoms with Crippen LogP contribution < -0.4 is 5.32 Å². The lowest BCUT2D eigenvalue weighted by atomic mass is 10.1. The van der Waals surface area contributed by atoms with Crippen molar-refractivity contribution in [2.45, 2.75) is 18.0 Å². The Hall–Kier alpha value is -2.29. The molecule has 0 radical (unpaired) electrons. The predicted octanol–water partition coefficient (Wildman–Crippen LogP) is 2.13. The molecule has 0 saturated heterocycles. The fourth-order valence-electron chi connectivity index (χ4n) is 2.17. The maximum atomic E-state index is 12.0. The van der Waals surface area contributed by atoms with E-state index in [-0.39, 0.29) is 10.6 Å². The van der Waals surface area contributed by atoms with Crippen LogP contribution in [-0.4, -0.2) is 31.7 Å². The van der Waals surface area contributed by atoms with Crippen molar-refractivity contribution in [3.63, 3.8) is 0 Å². The van der Waals surface area contributed by atoms with Crippen LogP contribution in [0.4, 0.5) is 5.69 Å². The minimum atomic E-state index is -3.43. The molecule has 0 aliphatic heterocycles. The van der Waals surface area contributed by atoms with E-state index < -0.39 is 14.9 Å². The van der Waals surface area contributed by atoms with E-state index in [2.05, 4.69) is 5.32 Å². The first-order chi connectivity index (χ1) is 11.3. The van der Waals surface area contributed by atoms with Gasteiger partial charge in [0.05, 0.1) is 9.82 Å². The summed E-state index contributed by atoms with van der Waals surface area (Å²) in [5, 5.41) is 14.1. The highest BCUT2D eigenvalue weighted by molar-refractivity contribution is 7.89. The zero-order valence-electron chi connectivity index (χ0n) is 13.5. The summed E-state index contributed by atoms with van der Waals surface area (Å²) in [5.74, 6) is 0. The molecule has 0 heterocycles. The molecule has 2 rings (SSSR count). The van der Waals surface area contributed by atoms with Gasteiger partial charge in [0.2, 0.25) is 10.0 Å². The summed E-state index contributed by atoms with van der Waals surface area (Å²) >= 11 is 0. The third-order valence-electron chi connectivity index (χ3n) is 3.53. The minimum Gasteiger partial charge on any atom is -0.308 e. The average Bonchev–Trinajstić information content (AvgIpc) is 2.55. The number of rotatable bonds is 7. The second-order valence-electron chi connectivity index (χ2n) is 5.42. The highest BCUT2D eigenvalue weighted by Crippen LogP contribution is 2.18. The molecular weight excluding hydrogens is 330 g/mol. The second-order valence-corrected chi connectivity index (χ2v) is 7.57. The largest absolute Gasteiger partial charge is 0.308 e. The number of para-hydroxylation sites is 1. The van der Waals surface area contributed by atoms with Crippen LogP contribution in [0, 0.1) is 10.1 Å². The topological polar surface area (TPSA) is 92.6 Å². The first kappa shape index (κ1) is 18.1. The van der Waals surface area contributed by atoms with E-state index in [0.717, 1.165) is 9.87 Å². The van der Waals surface area contributed by atoms with Gasteiger partial charge < -0.3 is 5.32 Å². The Labute approximate surface area is 141 Å². The number of nitro benzene ring substituents is 1. The first-order valence-electron chi connectivity index (χ1n) is 7.27. The van der Waals surface area contributed by atoms with Crippen molar-refractivity contribution in [1.29, 1.82) is 0 Å². The second kappa shape index (κ2) is 7.52. The fourth-order valence-corrected chi connectivity index (χ4v) is 3.07. The first-order valence-corrected chi connectivity index (χ1v) is 8.71. The molecule has 24 heavy (non-hydrogen) atoms. The number of hydrogen-bond donors (Lipinski definition) is 1. The molecule has 0 fully saturated rings. The van der Waals surface area contributed by atoms with Crippen LogP contribution >= 0.6 is 0 Å². The van der Waals surface area contributed by atoms with Gasteiger partial charge in [-0.1, -0.05) is 30.3 Å². The molecule has 0 unspecified atom stereocenters. The van der Waals surface area contributed by atoms with Gasteiger partial charge in [0.15, 0.2) is 0 Å². The minimum absolute atomic E-state index is 0.0809. The summed E-state index contributed by atoms with van der Waals surface area (Å²) in [4.78, 5) is 10.8. The highest BCUT2D eigenvalue weighted by Gasteiger charge is 2.16. The summed E-state index contributed by atoms with van der Waals surface area (Å²) in [6.07, 6.45) is 0. The lowest BCUT2D eigenvalue weighted by Crippen LogP contribution is -2.22. The molecular formula is C16H19N3O4S. The molecule has 0 bridgehead atoms. The smallest absolute Gasteiger partial charge is 0.273 e. The van der Waals surface area contributed by atoms with E-state index in [9.17, 15) is 18.5 Å². The number of nitro groups is 1. The fraction of sp³-hybridized carbons (Fsp3) is 0.250. The number of benzene rings is 2. The van der Waals surface area contributed by atoms with Crippen molar-refractivity contribution >= 4 is 15.7 Å². The van der Waals surface area contributed by atoms with E-state index in [4.69, 9.17) is 0 Å². The summed E-state index contributed by atoms with van der Waals surface area (Å²) in [6, 6.07) is 13.1. The zero-order chi connectivity index (χ0) is 17.7. The van der Waals surface area contributed by atoms with Crippen molar-refractivity contribution in [2.75, 3.05) is 14.1 Å². The van der Waals surface area contributed by atoms with Crippen LogP contribution in [0.5, 0.6) is 0 Å². The molecule has 0 spiro atoms. The molecule has 8 heteroatoms.